The third-order valence-electron chi connectivity index (χ3n) is 3.99. The predicted octanol–water partition coefficient (Wildman–Crippen LogP) is 2.86. The molecule has 2 heterocycles. The minimum atomic E-state index is 0.464. The molecule has 1 unspecified atom stereocenters. The fourth-order valence-corrected chi connectivity index (χ4v) is 2.98. The van der Waals surface area contributed by atoms with Gasteiger partial charge < -0.3 is 4.57 Å². The summed E-state index contributed by atoms with van der Waals surface area (Å²) in [6.07, 6.45) is 2.75. The average Bonchev–Trinajstić information content (AvgIpc) is 3.06. The van der Waals surface area contributed by atoms with Crippen LogP contribution in [0, 0.1) is 18.8 Å². The molecule has 0 aromatic carbocycles. The molecule has 0 radical (unpaired) electrons. The molecular weight excluding hydrogens is 248 g/mol. The van der Waals surface area contributed by atoms with E-state index < -0.39 is 0 Å². The summed E-state index contributed by atoms with van der Waals surface area (Å²) in [7, 11) is 1.98. The fourth-order valence-electron chi connectivity index (χ4n) is 2.78. The van der Waals surface area contributed by atoms with Crippen LogP contribution in [0.25, 0.3) is 11.2 Å². The second-order valence-corrected chi connectivity index (χ2v) is 5.74. The van der Waals surface area contributed by atoms with Gasteiger partial charge in [-0.05, 0) is 31.6 Å². The highest BCUT2D eigenvalue weighted by Crippen LogP contribution is 2.38. The quantitative estimate of drug-likeness (QED) is 0.798. The van der Waals surface area contributed by atoms with Crippen LogP contribution in [0.4, 0.5) is 0 Å². The van der Waals surface area contributed by atoms with Crippen LogP contribution in [-0.2, 0) is 19.5 Å². The number of fused-ring (bicyclic) bond motifs is 1. The van der Waals surface area contributed by atoms with Gasteiger partial charge in [-0.1, -0.05) is 6.92 Å². The molecular formula is C13H19ClN4. The molecule has 0 amide bonds. The van der Waals surface area contributed by atoms with Gasteiger partial charge in [-0.15, -0.1) is 11.6 Å². The molecule has 1 atom stereocenters. The minimum absolute atomic E-state index is 0.464. The molecule has 1 aliphatic rings. The first-order valence-electron chi connectivity index (χ1n) is 6.56. The lowest BCUT2D eigenvalue weighted by atomic mass is 10.1. The van der Waals surface area contributed by atoms with Gasteiger partial charge in [0.25, 0.3) is 0 Å². The molecule has 1 fully saturated rings. The Balaban J connectivity index is 2.06. The SMILES string of the molecule is Cc1nn(C)c2c1nc(CCl)n2CC(C)C1CC1. The van der Waals surface area contributed by atoms with Crippen molar-refractivity contribution in [3.8, 4) is 0 Å². The highest BCUT2D eigenvalue weighted by molar-refractivity contribution is 6.16. The number of aromatic nitrogens is 4. The van der Waals surface area contributed by atoms with Crippen LogP contribution in [0.2, 0.25) is 0 Å². The zero-order valence-electron chi connectivity index (χ0n) is 11.1. The van der Waals surface area contributed by atoms with Gasteiger partial charge in [0, 0.05) is 13.6 Å². The maximum atomic E-state index is 6.03. The fraction of sp³-hybridized carbons (Fsp3) is 0.692. The Hall–Kier alpha value is -1.03. The summed E-state index contributed by atoms with van der Waals surface area (Å²) in [5.41, 5.74) is 3.09. The Morgan fingerprint density at radius 1 is 1.44 bits per heavy atom. The number of halogens is 1. The first kappa shape index (κ1) is 12.0. The Kier molecular flexibility index (Phi) is 2.85. The highest BCUT2D eigenvalue weighted by Gasteiger charge is 2.29. The van der Waals surface area contributed by atoms with Gasteiger partial charge in [-0.2, -0.15) is 5.10 Å². The summed E-state index contributed by atoms with van der Waals surface area (Å²) >= 11 is 6.03. The molecule has 0 aliphatic heterocycles. The number of hydrogen-bond donors (Lipinski definition) is 0. The average molecular weight is 267 g/mol. The van der Waals surface area contributed by atoms with E-state index in [9.17, 15) is 0 Å². The van der Waals surface area contributed by atoms with E-state index in [0.29, 0.717) is 11.8 Å². The van der Waals surface area contributed by atoms with E-state index in [1.807, 2.05) is 18.7 Å². The smallest absolute Gasteiger partial charge is 0.158 e. The van der Waals surface area contributed by atoms with Crippen molar-refractivity contribution in [2.75, 3.05) is 0 Å². The number of imidazole rings is 1. The molecule has 0 N–H and O–H groups in total. The maximum Gasteiger partial charge on any atom is 0.158 e. The lowest BCUT2D eigenvalue weighted by Gasteiger charge is -2.14. The number of aryl methyl sites for hydroxylation is 2. The zero-order valence-corrected chi connectivity index (χ0v) is 11.9. The van der Waals surface area contributed by atoms with Gasteiger partial charge in [-0.3, -0.25) is 4.68 Å². The van der Waals surface area contributed by atoms with E-state index in [2.05, 4.69) is 21.6 Å². The number of rotatable bonds is 4. The van der Waals surface area contributed by atoms with Gasteiger partial charge in [-0.25, -0.2) is 4.98 Å². The number of hydrogen-bond acceptors (Lipinski definition) is 2. The van der Waals surface area contributed by atoms with Crippen molar-refractivity contribution in [1.29, 1.82) is 0 Å². The van der Waals surface area contributed by atoms with Crippen LogP contribution in [0.15, 0.2) is 0 Å². The minimum Gasteiger partial charge on any atom is -0.312 e. The normalized spacial score (nSPS) is 17.6. The largest absolute Gasteiger partial charge is 0.312 e. The van der Waals surface area contributed by atoms with Gasteiger partial charge in [0.2, 0.25) is 0 Å². The Morgan fingerprint density at radius 3 is 2.78 bits per heavy atom. The molecule has 2 aromatic rings. The van der Waals surface area contributed by atoms with Crippen molar-refractivity contribution in [3.05, 3.63) is 11.5 Å². The summed E-state index contributed by atoms with van der Waals surface area (Å²) in [4.78, 5) is 4.63. The molecule has 0 saturated heterocycles. The number of alkyl halides is 1. The summed E-state index contributed by atoms with van der Waals surface area (Å²) in [6, 6.07) is 0. The Bertz CT molecular complexity index is 579. The second kappa shape index (κ2) is 4.26. The summed E-state index contributed by atoms with van der Waals surface area (Å²) in [6.45, 7) is 5.33. The Morgan fingerprint density at radius 2 is 2.17 bits per heavy atom. The monoisotopic (exact) mass is 266 g/mol. The molecule has 0 spiro atoms. The third-order valence-corrected chi connectivity index (χ3v) is 4.23. The van der Waals surface area contributed by atoms with Crippen LogP contribution in [0.5, 0.6) is 0 Å². The van der Waals surface area contributed by atoms with Gasteiger partial charge in [0.05, 0.1) is 11.6 Å². The van der Waals surface area contributed by atoms with Crippen LogP contribution in [0.3, 0.4) is 0 Å². The van der Waals surface area contributed by atoms with E-state index >= 15 is 0 Å². The van der Waals surface area contributed by atoms with E-state index in [1.54, 1.807) is 0 Å². The molecule has 18 heavy (non-hydrogen) atoms. The zero-order chi connectivity index (χ0) is 12.9. The van der Waals surface area contributed by atoms with E-state index in [4.69, 9.17) is 11.6 Å². The predicted molar refractivity (Wildman–Crippen MR) is 72.7 cm³/mol. The molecule has 1 aliphatic carbocycles. The van der Waals surface area contributed by atoms with Crippen LogP contribution >= 0.6 is 11.6 Å². The van der Waals surface area contributed by atoms with Crippen molar-refractivity contribution < 1.29 is 0 Å². The van der Waals surface area contributed by atoms with E-state index in [1.165, 1.54) is 12.8 Å². The van der Waals surface area contributed by atoms with Crippen LogP contribution in [-0.4, -0.2) is 19.3 Å². The lowest BCUT2D eigenvalue weighted by molar-refractivity contribution is 0.427. The highest BCUT2D eigenvalue weighted by atomic mass is 35.5. The summed E-state index contributed by atoms with van der Waals surface area (Å²) < 4.78 is 4.18. The molecule has 3 rings (SSSR count). The van der Waals surface area contributed by atoms with E-state index in [-0.39, 0.29) is 0 Å². The van der Waals surface area contributed by atoms with Crippen LogP contribution < -0.4 is 0 Å². The maximum absolute atomic E-state index is 6.03. The third kappa shape index (κ3) is 1.83. The number of nitrogens with zero attached hydrogens (tertiary/aromatic N) is 4. The first-order valence-corrected chi connectivity index (χ1v) is 7.10. The van der Waals surface area contributed by atoms with E-state index in [0.717, 1.165) is 35.1 Å². The first-order chi connectivity index (χ1) is 8.61. The van der Waals surface area contributed by atoms with Gasteiger partial charge >= 0.3 is 0 Å². The summed E-state index contributed by atoms with van der Waals surface area (Å²) in [5, 5.41) is 4.44. The van der Waals surface area contributed by atoms with Crippen molar-refractivity contribution >= 4 is 22.8 Å². The van der Waals surface area contributed by atoms with Crippen LogP contribution in [0.1, 0.15) is 31.3 Å². The van der Waals surface area contributed by atoms with Crippen molar-refractivity contribution in [1.82, 2.24) is 19.3 Å². The molecule has 0 bridgehead atoms. The van der Waals surface area contributed by atoms with Gasteiger partial charge in [0.15, 0.2) is 5.65 Å². The molecule has 2 aromatic heterocycles. The van der Waals surface area contributed by atoms with Crippen molar-refractivity contribution in [3.63, 3.8) is 0 Å². The summed E-state index contributed by atoms with van der Waals surface area (Å²) in [5.74, 6) is 3.01. The standard InChI is InChI=1S/C13H19ClN4/c1-8(10-4-5-10)7-18-11(6-14)15-12-9(2)16-17(3)13(12)18/h8,10H,4-7H2,1-3H3. The molecule has 1 saturated carbocycles. The Labute approximate surface area is 112 Å². The topological polar surface area (TPSA) is 35.6 Å². The second-order valence-electron chi connectivity index (χ2n) is 5.47. The van der Waals surface area contributed by atoms with Crippen molar-refractivity contribution in [2.24, 2.45) is 18.9 Å². The molecule has 4 nitrogen and oxygen atoms in total. The lowest BCUT2D eigenvalue weighted by Crippen LogP contribution is -2.13. The van der Waals surface area contributed by atoms with Crippen molar-refractivity contribution in [2.45, 2.75) is 39.1 Å². The molecule has 98 valence electrons. The molecule has 5 heteroatoms. The van der Waals surface area contributed by atoms with Gasteiger partial charge in [0.1, 0.15) is 11.3 Å².